The van der Waals surface area contributed by atoms with Crippen LogP contribution >= 0.6 is 0 Å². The summed E-state index contributed by atoms with van der Waals surface area (Å²) in [5.41, 5.74) is 2.43. The second-order valence-corrected chi connectivity index (χ2v) is 5.23. The van der Waals surface area contributed by atoms with Crippen molar-refractivity contribution >= 4 is 11.9 Å². The number of aryl methyl sites for hydroxylation is 2. The van der Waals surface area contributed by atoms with E-state index in [0.29, 0.717) is 18.2 Å². The molecule has 0 aliphatic heterocycles. The van der Waals surface area contributed by atoms with Crippen LogP contribution in [0.3, 0.4) is 0 Å². The molecule has 5 nitrogen and oxygen atoms in total. The van der Waals surface area contributed by atoms with Crippen LogP contribution in [0.25, 0.3) is 0 Å². The molecular weight excluding hydrogens is 288 g/mol. The predicted octanol–water partition coefficient (Wildman–Crippen LogP) is 2.75. The second kappa shape index (κ2) is 8.68. The summed E-state index contributed by atoms with van der Waals surface area (Å²) in [6.07, 6.45) is 3.60. The van der Waals surface area contributed by atoms with Gasteiger partial charge < -0.3 is 10.6 Å². The van der Waals surface area contributed by atoms with Crippen molar-refractivity contribution in [2.45, 2.75) is 19.8 Å². The molecule has 0 aliphatic rings. The number of carbonyl (C=O) groups excluding carboxylic acids is 1. The summed E-state index contributed by atoms with van der Waals surface area (Å²) in [6.45, 7) is 6.60. The minimum atomic E-state index is -0.220. The second-order valence-electron chi connectivity index (χ2n) is 5.23. The summed E-state index contributed by atoms with van der Waals surface area (Å²) in [6, 6.07) is 12.0. The fourth-order valence-electron chi connectivity index (χ4n) is 2.16. The van der Waals surface area contributed by atoms with Crippen molar-refractivity contribution in [2.24, 2.45) is 0 Å². The molecular formula is C18H22N4O. The van der Waals surface area contributed by atoms with Gasteiger partial charge in [-0.25, -0.2) is 9.97 Å². The number of hydrogen-bond donors (Lipinski definition) is 2. The standard InChI is InChI=1S/C18H22N4O/c1-3-11-19-17(23)16-13-14(2)21-18(22-16)20-12-7-10-15-8-5-4-6-9-15/h3-6,8-9,13H,1,7,10-12H2,2H3,(H,19,23)(H,20,21,22). The van der Waals surface area contributed by atoms with Gasteiger partial charge in [-0.3, -0.25) is 4.79 Å². The molecule has 0 atom stereocenters. The molecule has 1 amide bonds. The normalized spacial score (nSPS) is 10.1. The van der Waals surface area contributed by atoms with Crippen LogP contribution in [-0.2, 0) is 6.42 Å². The number of amides is 1. The number of rotatable bonds is 8. The Bertz CT molecular complexity index is 655. The van der Waals surface area contributed by atoms with Gasteiger partial charge in [-0.15, -0.1) is 6.58 Å². The average molecular weight is 310 g/mol. The molecule has 2 N–H and O–H groups in total. The van der Waals surface area contributed by atoms with Crippen molar-refractivity contribution < 1.29 is 4.79 Å². The molecule has 2 rings (SSSR count). The van der Waals surface area contributed by atoms with Gasteiger partial charge in [-0.1, -0.05) is 36.4 Å². The molecule has 23 heavy (non-hydrogen) atoms. The van der Waals surface area contributed by atoms with Crippen molar-refractivity contribution in [3.8, 4) is 0 Å². The Kier molecular flexibility index (Phi) is 6.29. The number of benzene rings is 1. The maximum absolute atomic E-state index is 11.9. The van der Waals surface area contributed by atoms with Crippen LogP contribution in [0, 0.1) is 6.92 Å². The Morgan fingerprint density at radius 1 is 1.26 bits per heavy atom. The molecule has 0 saturated carbocycles. The first-order valence-electron chi connectivity index (χ1n) is 7.71. The van der Waals surface area contributed by atoms with Crippen LogP contribution < -0.4 is 10.6 Å². The summed E-state index contributed by atoms with van der Waals surface area (Å²) in [5, 5.41) is 5.90. The van der Waals surface area contributed by atoms with Gasteiger partial charge in [-0.2, -0.15) is 0 Å². The molecule has 0 saturated heterocycles. The molecule has 1 aromatic heterocycles. The molecule has 0 aliphatic carbocycles. The SMILES string of the molecule is C=CCNC(=O)c1cc(C)nc(NCCCc2ccccc2)n1. The fraction of sp³-hybridized carbons (Fsp3) is 0.278. The lowest BCUT2D eigenvalue weighted by Gasteiger charge is -2.08. The van der Waals surface area contributed by atoms with E-state index in [0.717, 1.165) is 25.1 Å². The summed E-state index contributed by atoms with van der Waals surface area (Å²) < 4.78 is 0. The van der Waals surface area contributed by atoms with Crippen LogP contribution in [0.1, 0.15) is 28.2 Å². The summed E-state index contributed by atoms with van der Waals surface area (Å²) in [5.74, 6) is 0.268. The zero-order valence-electron chi connectivity index (χ0n) is 13.4. The van der Waals surface area contributed by atoms with Crippen molar-refractivity contribution in [2.75, 3.05) is 18.4 Å². The number of nitrogens with one attached hydrogen (secondary N) is 2. The lowest BCUT2D eigenvalue weighted by molar-refractivity contribution is 0.0953. The van der Waals surface area contributed by atoms with Crippen LogP contribution in [0.15, 0.2) is 49.1 Å². The first-order valence-corrected chi connectivity index (χ1v) is 7.71. The van der Waals surface area contributed by atoms with E-state index in [9.17, 15) is 4.79 Å². The molecule has 2 aromatic rings. The van der Waals surface area contributed by atoms with E-state index in [1.807, 2.05) is 25.1 Å². The van der Waals surface area contributed by atoms with Crippen molar-refractivity contribution in [3.05, 3.63) is 66.0 Å². The Morgan fingerprint density at radius 3 is 2.78 bits per heavy atom. The summed E-state index contributed by atoms with van der Waals surface area (Å²) >= 11 is 0. The predicted molar refractivity (Wildman–Crippen MR) is 92.6 cm³/mol. The van der Waals surface area contributed by atoms with Crippen molar-refractivity contribution in [1.82, 2.24) is 15.3 Å². The minimum absolute atomic E-state index is 0.220. The highest BCUT2D eigenvalue weighted by atomic mass is 16.1. The zero-order chi connectivity index (χ0) is 16.5. The molecule has 0 unspecified atom stereocenters. The lowest BCUT2D eigenvalue weighted by atomic mass is 10.1. The van der Waals surface area contributed by atoms with E-state index < -0.39 is 0 Å². The Morgan fingerprint density at radius 2 is 2.04 bits per heavy atom. The lowest BCUT2D eigenvalue weighted by Crippen LogP contribution is -2.25. The highest BCUT2D eigenvalue weighted by molar-refractivity contribution is 5.92. The van der Waals surface area contributed by atoms with Crippen LogP contribution in [-0.4, -0.2) is 29.0 Å². The topological polar surface area (TPSA) is 66.9 Å². The Balaban J connectivity index is 1.88. The average Bonchev–Trinajstić information content (AvgIpc) is 2.57. The van der Waals surface area contributed by atoms with Crippen molar-refractivity contribution in [1.29, 1.82) is 0 Å². The van der Waals surface area contributed by atoms with Gasteiger partial charge >= 0.3 is 0 Å². The number of aromatic nitrogens is 2. The minimum Gasteiger partial charge on any atom is -0.354 e. The maximum Gasteiger partial charge on any atom is 0.270 e. The molecule has 0 radical (unpaired) electrons. The summed E-state index contributed by atoms with van der Waals surface area (Å²) in [7, 11) is 0. The summed E-state index contributed by atoms with van der Waals surface area (Å²) in [4.78, 5) is 20.5. The van der Waals surface area contributed by atoms with Crippen molar-refractivity contribution in [3.63, 3.8) is 0 Å². The molecule has 1 heterocycles. The van der Waals surface area contributed by atoms with E-state index in [2.05, 4.69) is 39.3 Å². The molecule has 120 valence electrons. The Labute approximate surface area is 136 Å². The van der Waals surface area contributed by atoms with Gasteiger partial charge in [0.1, 0.15) is 5.69 Å². The van der Waals surface area contributed by atoms with Crippen LogP contribution in [0.5, 0.6) is 0 Å². The first kappa shape index (κ1) is 16.7. The number of hydrogen-bond acceptors (Lipinski definition) is 4. The van der Waals surface area contributed by atoms with E-state index in [-0.39, 0.29) is 5.91 Å². The van der Waals surface area contributed by atoms with Crippen LogP contribution in [0.4, 0.5) is 5.95 Å². The van der Waals surface area contributed by atoms with Gasteiger partial charge in [0.25, 0.3) is 5.91 Å². The van der Waals surface area contributed by atoms with Gasteiger partial charge in [0, 0.05) is 18.8 Å². The molecule has 0 bridgehead atoms. The number of carbonyl (C=O) groups is 1. The van der Waals surface area contributed by atoms with E-state index in [4.69, 9.17) is 0 Å². The third-order valence-corrected chi connectivity index (χ3v) is 3.26. The van der Waals surface area contributed by atoms with Gasteiger partial charge in [0.2, 0.25) is 5.95 Å². The van der Waals surface area contributed by atoms with Gasteiger partial charge in [-0.05, 0) is 31.4 Å². The largest absolute Gasteiger partial charge is 0.354 e. The van der Waals surface area contributed by atoms with E-state index in [1.165, 1.54) is 5.56 Å². The number of nitrogens with zero attached hydrogens (tertiary/aromatic N) is 2. The van der Waals surface area contributed by atoms with Gasteiger partial charge in [0.15, 0.2) is 0 Å². The highest BCUT2D eigenvalue weighted by Gasteiger charge is 2.09. The Hall–Kier alpha value is -2.69. The fourth-order valence-corrected chi connectivity index (χ4v) is 2.16. The smallest absolute Gasteiger partial charge is 0.270 e. The van der Waals surface area contributed by atoms with Gasteiger partial charge in [0.05, 0.1) is 0 Å². The van der Waals surface area contributed by atoms with E-state index in [1.54, 1.807) is 12.1 Å². The quantitative estimate of drug-likeness (QED) is 0.581. The third-order valence-electron chi connectivity index (χ3n) is 3.26. The highest BCUT2D eigenvalue weighted by Crippen LogP contribution is 2.06. The third kappa shape index (κ3) is 5.54. The molecule has 1 aromatic carbocycles. The molecule has 5 heteroatoms. The molecule has 0 fully saturated rings. The maximum atomic E-state index is 11.9. The monoisotopic (exact) mass is 310 g/mol. The molecule has 0 spiro atoms. The van der Waals surface area contributed by atoms with E-state index >= 15 is 0 Å². The number of anilines is 1. The van der Waals surface area contributed by atoms with Crippen LogP contribution in [0.2, 0.25) is 0 Å². The zero-order valence-corrected chi connectivity index (χ0v) is 13.4. The first-order chi connectivity index (χ1) is 11.2.